The molecule has 0 bridgehead atoms. The van der Waals surface area contributed by atoms with Crippen LogP contribution in [-0.4, -0.2) is 10.9 Å². The molecule has 0 saturated carbocycles. The van der Waals surface area contributed by atoms with E-state index in [1.807, 2.05) is 48.5 Å². The van der Waals surface area contributed by atoms with Gasteiger partial charge in [-0.3, -0.25) is 4.79 Å². The molecule has 0 aliphatic heterocycles. The van der Waals surface area contributed by atoms with Crippen molar-refractivity contribution in [1.82, 2.24) is 0 Å². The number of ketones is 1. The van der Waals surface area contributed by atoms with Crippen LogP contribution < -0.4 is 4.74 Å². The number of para-hydroxylation sites is 1. The molecule has 0 unspecified atom stereocenters. The van der Waals surface area contributed by atoms with Crippen LogP contribution in [-0.2, 0) is 6.61 Å². The minimum absolute atomic E-state index is 0.146. The molecule has 0 fully saturated rings. The van der Waals surface area contributed by atoms with Crippen molar-refractivity contribution in [2.24, 2.45) is 0 Å². The largest absolute Gasteiger partial charge is 0.508 e. The normalized spacial score (nSPS) is 10.7. The van der Waals surface area contributed by atoms with E-state index in [9.17, 15) is 9.90 Å². The predicted molar refractivity (Wildman–Crippen MR) is 98.7 cm³/mol. The first-order valence-electron chi connectivity index (χ1n) is 7.99. The lowest BCUT2D eigenvalue weighted by atomic mass is 10.1. The summed E-state index contributed by atoms with van der Waals surface area (Å²) in [7, 11) is 0. The monoisotopic (exact) mass is 330 g/mol. The number of aromatic hydroxyl groups is 1. The van der Waals surface area contributed by atoms with Crippen LogP contribution in [0.25, 0.3) is 6.08 Å². The maximum absolute atomic E-state index is 12.5. The van der Waals surface area contributed by atoms with E-state index in [1.54, 1.807) is 36.4 Å². The Morgan fingerprint density at radius 2 is 1.68 bits per heavy atom. The molecule has 3 aromatic rings. The second-order valence-corrected chi connectivity index (χ2v) is 5.56. The molecule has 0 amide bonds. The summed E-state index contributed by atoms with van der Waals surface area (Å²) in [6.07, 6.45) is 3.16. The minimum atomic E-state index is -0.146. The lowest BCUT2D eigenvalue weighted by Gasteiger charge is -2.09. The summed E-state index contributed by atoms with van der Waals surface area (Å²) in [5.74, 6) is 0.574. The first kappa shape index (κ1) is 16.5. The van der Waals surface area contributed by atoms with E-state index >= 15 is 0 Å². The van der Waals surface area contributed by atoms with E-state index in [1.165, 1.54) is 6.08 Å². The summed E-state index contributed by atoms with van der Waals surface area (Å²) < 4.78 is 5.82. The maximum atomic E-state index is 12.5. The molecule has 0 aromatic heterocycles. The lowest BCUT2D eigenvalue weighted by molar-refractivity contribution is 0.104. The Bertz CT molecular complexity index is 883. The van der Waals surface area contributed by atoms with Crippen LogP contribution in [0.5, 0.6) is 11.5 Å². The number of benzene rings is 3. The van der Waals surface area contributed by atoms with Gasteiger partial charge in [-0.2, -0.15) is 0 Å². The molecule has 0 spiro atoms. The van der Waals surface area contributed by atoms with E-state index in [0.717, 1.165) is 11.1 Å². The SMILES string of the molecule is O=C(/C=C/c1cccc(O)c1)c1ccccc1OCc1ccccc1. The van der Waals surface area contributed by atoms with Gasteiger partial charge in [0, 0.05) is 0 Å². The number of ether oxygens (including phenoxy) is 1. The smallest absolute Gasteiger partial charge is 0.189 e. The highest BCUT2D eigenvalue weighted by Gasteiger charge is 2.09. The van der Waals surface area contributed by atoms with Gasteiger partial charge in [0.1, 0.15) is 18.1 Å². The lowest BCUT2D eigenvalue weighted by Crippen LogP contribution is -2.02. The van der Waals surface area contributed by atoms with Gasteiger partial charge in [0.25, 0.3) is 0 Å². The second-order valence-electron chi connectivity index (χ2n) is 5.56. The summed E-state index contributed by atoms with van der Waals surface area (Å²) in [5, 5.41) is 9.48. The van der Waals surface area contributed by atoms with Crippen molar-refractivity contribution in [3.05, 3.63) is 102 Å². The zero-order valence-electron chi connectivity index (χ0n) is 13.6. The molecule has 3 nitrogen and oxygen atoms in total. The van der Waals surface area contributed by atoms with E-state index in [0.29, 0.717) is 17.9 Å². The molecule has 0 atom stereocenters. The number of carbonyl (C=O) groups is 1. The third kappa shape index (κ3) is 4.58. The molecule has 0 aliphatic rings. The van der Waals surface area contributed by atoms with Gasteiger partial charge in [0.15, 0.2) is 5.78 Å². The summed E-state index contributed by atoms with van der Waals surface area (Å²) in [5.41, 5.74) is 2.31. The molecule has 0 radical (unpaired) electrons. The first-order chi connectivity index (χ1) is 12.2. The van der Waals surface area contributed by atoms with Crippen LogP contribution in [0.3, 0.4) is 0 Å². The van der Waals surface area contributed by atoms with Crippen molar-refractivity contribution >= 4 is 11.9 Å². The van der Waals surface area contributed by atoms with E-state index in [-0.39, 0.29) is 11.5 Å². The molecular weight excluding hydrogens is 312 g/mol. The highest BCUT2D eigenvalue weighted by molar-refractivity contribution is 6.08. The topological polar surface area (TPSA) is 46.5 Å². The Hall–Kier alpha value is -3.33. The number of phenolic OH excluding ortho intramolecular Hbond substituents is 1. The van der Waals surface area contributed by atoms with Crippen molar-refractivity contribution in [3.63, 3.8) is 0 Å². The van der Waals surface area contributed by atoms with Gasteiger partial charge >= 0.3 is 0 Å². The van der Waals surface area contributed by atoms with E-state index < -0.39 is 0 Å². The highest BCUT2D eigenvalue weighted by atomic mass is 16.5. The molecule has 3 aromatic carbocycles. The summed E-state index contributed by atoms with van der Waals surface area (Å²) in [4.78, 5) is 12.5. The van der Waals surface area contributed by atoms with Gasteiger partial charge in [-0.15, -0.1) is 0 Å². The van der Waals surface area contributed by atoms with E-state index in [4.69, 9.17) is 4.74 Å². The Labute approximate surface area is 146 Å². The predicted octanol–water partition coefficient (Wildman–Crippen LogP) is 4.87. The fourth-order valence-electron chi connectivity index (χ4n) is 2.42. The van der Waals surface area contributed by atoms with Gasteiger partial charge in [-0.1, -0.05) is 60.7 Å². The second kappa shape index (κ2) is 7.97. The minimum Gasteiger partial charge on any atom is -0.508 e. The molecule has 3 rings (SSSR count). The fraction of sp³-hybridized carbons (Fsp3) is 0.0455. The third-order valence-electron chi connectivity index (χ3n) is 3.69. The van der Waals surface area contributed by atoms with Crippen molar-refractivity contribution in [2.75, 3.05) is 0 Å². The van der Waals surface area contributed by atoms with Crippen LogP contribution in [0.15, 0.2) is 84.9 Å². The van der Waals surface area contributed by atoms with Crippen LogP contribution in [0.2, 0.25) is 0 Å². The van der Waals surface area contributed by atoms with Crippen molar-refractivity contribution in [3.8, 4) is 11.5 Å². The average molecular weight is 330 g/mol. The summed E-state index contributed by atoms with van der Waals surface area (Å²) >= 11 is 0. The number of phenols is 1. The molecule has 25 heavy (non-hydrogen) atoms. The maximum Gasteiger partial charge on any atom is 0.189 e. The van der Waals surface area contributed by atoms with Crippen molar-refractivity contribution in [1.29, 1.82) is 0 Å². The van der Waals surface area contributed by atoms with Crippen LogP contribution in [0.1, 0.15) is 21.5 Å². The molecule has 0 saturated heterocycles. The van der Waals surface area contributed by atoms with Crippen molar-refractivity contribution < 1.29 is 14.6 Å². The van der Waals surface area contributed by atoms with Gasteiger partial charge in [0.2, 0.25) is 0 Å². The van der Waals surface area contributed by atoms with Gasteiger partial charge in [-0.05, 0) is 41.5 Å². The molecular formula is C22H18O3. The number of hydrogen-bond acceptors (Lipinski definition) is 3. The number of rotatable bonds is 6. The number of carbonyl (C=O) groups excluding carboxylic acids is 1. The third-order valence-corrected chi connectivity index (χ3v) is 3.69. The zero-order chi connectivity index (χ0) is 17.5. The van der Waals surface area contributed by atoms with Gasteiger partial charge in [-0.25, -0.2) is 0 Å². The molecule has 124 valence electrons. The van der Waals surface area contributed by atoms with Crippen LogP contribution >= 0.6 is 0 Å². The van der Waals surface area contributed by atoms with Crippen LogP contribution in [0.4, 0.5) is 0 Å². The average Bonchev–Trinajstić information content (AvgIpc) is 2.65. The molecule has 0 heterocycles. The summed E-state index contributed by atoms with van der Waals surface area (Å²) in [6, 6.07) is 23.7. The first-order valence-corrected chi connectivity index (χ1v) is 7.99. The molecule has 1 N–H and O–H groups in total. The number of allylic oxidation sites excluding steroid dienone is 1. The van der Waals surface area contributed by atoms with E-state index in [2.05, 4.69) is 0 Å². The standard InChI is InChI=1S/C22H18O3/c23-19-10-6-9-17(15-19)13-14-21(24)20-11-4-5-12-22(20)25-16-18-7-2-1-3-8-18/h1-15,23H,16H2/b14-13+. The van der Waals surface area contributed by atoms with Crippen LogP contribution in [0, 0.1) is 0 Å². The Kier molecular flexibility index (Phi) is 5.27. The quantitative estimate of drug-likeness (QED) is 0.518. The molecule has 3 heteroatoms. The zero-order valence-corrected chi connectivity index (χ0v) is 13.6. The Balaban J connectivity index is 1.74. The fourth-order valence-corrected chi connectivity index (χ4v) is 2.42. The Morgan fingerprint density at radius 3 is 2.48 bits per heavy atom. The number of hydrogen-bond donors (Lipinski definition) is 1. The van der Waals surface area contributed by atoms with Crippen molar-refractivity contribution in [2.45, 2.75) is 6.61 Å². The molecule has 0 aliphatic carbocycles. The summed E-state index contributed by atoms with van der Waals surface area (Å²) in [6.45, 7) is 0.404. The van der Waals surface area contributed by atoms with Gasteiger partial charge < -0.3 is 9.84 Å². The van der Waals surface area contributed by atoms with Gasteiger partial charge in [0.05, 0.1) is 5.56 Å². The Morgan fingerprint density at radius 1 is 0.920 bits per heavy atom. The highest BCUT2D eigenvalue weighted by Crippen LogP contribution is 2.21.